The Bertz CT molecular complexity index is 607. The first-order valence-corrected chi connectivity index (χ1v) is 6.40. The molecule has 0 spiro atoms. The van der Waals surface area contributed by atoms with Gasteiger partial charge in [0.05, 0.1) is 17.2 Å². The van der Waals surface area contributed by atoms with E-state index in [2.05, 4.69) is 18.8 Å². The van der Waals surface area contributed by atoms with Crippen LogP contribution in [0.5, 0.6) is 5.88 Å². The molecule has 0 fully saturated rings. The summed E-state index contributed by atoms with van der Waals surface area (Å²) in [6.07, 6.45) is 0.0202. The molecule has 0 bridgehead atoms. The Morgan fingerprint density at radius 2 is 1.95 bits per heavy atom. The largest absolute Gasteiger partial charge is 0.474 e. The van der Waals surface area contributed by atoms with Crippen LogP contribution >= 0.6 is 0 Å². The maximum Gasteiger partial charge on any atom is 0.225 e. The standard InChI is InChI=1S/C15H19N3O/c1-9(2)10(3)19-15-12(14(16)17)8-11-6-4-5-7-13(11)18-15/h4-10H,1-3H3,(H3,16,17). The number of benzene rings is 1. The van der Waals surface area contributed by atoms with E-state index in [1.54, 1.807) is 0 Å². The first-order valence-electron chi connectivity index (χ1n) is 6.40. The zero-order valence-electron chi connectivity index (χ0n) is 11.5. The van der Waals surface area contributed by atoms with Crippen LogP contribution in [0.4, 0.5) is 0 Å². The molecule has 1 unspecified atom stereocenters. The molecule has 1 atom stereocenters. The molecule has 1 aromatic carbocycles. The van der Waals surface area contributed by atoms with Crippen LogP contribution in [-0.4, -0.2) is 16.9 Å². The molecule has 2 aromatic rings. The minimum Gasteiger partial charge on any atom is -0.474 e. The fraction of sp³-hybridized carbons (Fsp3) is 0.333. The Kier molecular flexibility index (Phi) is 3.69. The summed E-state index contributed by atoms with van der Waals surface area (Å²) in [6, 6.07) is 9.59. The maximum atomic E-state index is 7.66. The van der Waals surface area contributed by atoms with Crippen molar-refractivity contribution in [2.75, 3.05) is 0 Å². The molecule has 0 aliphatic heterocycles. The summed E-state index contributed by atoms with van der Waals surface area (Å²) < 4.78 is 5.84. The van der Waals surface area contributed by atoms with Crippen LogP contribution in [0.25, 0.3) is 10.9 Å². The molecular weight excluding hydrogens is 238 g/mol. The SMILES string of the molecule is CC(C)C(C)Oc1nc2ccccc2cc1C(=N)N. The van der Waals surface area contributed by atoms with Crippen LogP contribution in [0.3, 0.4) is 0 Å². The van der Waals surface area contributed by atoms with E-state index in [9.17, 15) is 0 Å². The zero-order valence-corrected chi connectivity index (χ0v) is 11.5. The van der Waals surface area contributed by atoms with Crippen molar-refractivity contribution in [1.82, 2.24) is 4.98 Å². The van der Waals surface area contributed by atoms with Crippen LogP contribution in [0.1, 0.15) is 26.3 Å². The normalized spacial score (nSPS) is 12.6. The summed E-state index contributed by atoms with van der Waals surface area (Å²) in [5.41, 5.74) is 7.01. The first kappa shape index (κ1) is 13.3. The maximum absolute atomic E-state index is 7.66. The van der Waals surface area contributed by atoms with Crippen molar-refractivity contribution in [2.45, 2.75) is 26.9 Å². The molecule has 4 nitrogen and oxygen atoms in total. The van der Waals surface area contributed by atoms with E-state index in [-0.39, 0.29) is 11.9 Å². The molecule has 3 N–H and O–H groups in total. The van der Waals surface area contributed by atoms with E-state index in [4.69, 9.17) is 15.9 Å². The highest BCUT2D eigenvalue weighted by Gasteiger charge is 2.15. The van der Waals surface area contributed by atoms with Crippen molar-refractivity contribution in [1.29, 1.82) is 5.41 Å². The van der Waals surface area contributed by atoms with E-state index in [1.165, 1.54) is 0 Å². The summed E-state index contributed by atoms with van der Waals surface area (Å²) >= 11 is 0. The summed E-state index contributed by atoms with van der Waals surface area (Å²) in [4.78, 5) is 4.48. The molecule has 2 rings (SSSR count). The van der Waals surface area contributed by atoms with Crippen molar-refractivity contribution in [3.63, 3.8) is 0 Å². The number of rotatable bonds is 4. The van der Waals surface area contributed by atoms with Crippen LogP contribution in [0.15, 0.2) is 30.3 Å². The van der Waals surface area contributed by atoms with Gasteiger partial charge >= 0.3 is 0 Å². The topological polar surface area (TPSA) is 72.0 Å². The van der Waals surface area contributed by atoms with Gasteiger partial charge in [0.1, 0.15) is 5.84 Å². The van der Waals surface area contributed by atoms with Crippen molar-refractivity contribution in [3.8, 4) is 5.88 Å². The number of fused-ring (bicyclic) bond motifs is 1. The van der Waals surface area contributed by atoms with Crippen LogP contribution in [-0.2, 0) is 0 Å². The van der Waals surface area contributed by atoms with E-state index < -0.39 is 0 Å². The lowest BCUT2D eigenvalue weighted by Gasteiger charge is -2.19. The number of aromatic nitrogens is 1. The number of nitrogens with two attached hydrogens (primary N) is 1. The second-order valence-corrected chi connectivity index (χ2v) is 5.01. The van der Waals surface area contributed by atoms with Gasteiger partial charge in [-0.3, -0.25) is 5.41 Å². The molecular formula is C15H19N3O. The minimum absolute atomic E-state index is 0.0202. The van der Waals surface area contributed by atoms with Gasteiger partial charge < -0.3 is 10.5 Å². The number of ether oxygens (including phenoxy) is 1. The van der Waals surface area contributed by atoms with Crippen molar-refractivity contribution >= 4 is 16.7 Å². The lowest BCUT2D eigenvalue weighted by Crippen LogP contribution is -2.22. The zero-order chi connectivity index (χ0) is 14.0. The summed E-state index contributed by atoms with van der Waals surface area (Å²) in [6.45, 7) is 6.16. The predicted molar refractivity (Wildman–Crippen MR) is 77.7 cm³/mol. The van der Waals surface area contributed by atoms with Crippen molar-refractivity contribution in [2.24, 2.45) is 11.7 Å². The number of nitrogen functional groups attached to an aromatic ring is 1. The smallest absolute Gasteiger partial charge is 0.225 e. The van der Waals surface area contributed by atoms with Crippen LogP contribution in [0.2, 0.25) is 0 Å². The molecule has 100 valence electrons. The van der Waals surface area contributed by atoms with Gasteiger partial charge in [-0.15, -0.1) is 0 Å². The highest BCUT2D eigenvalue weighted by atomic mass is 16.5. The number of hydrogen-bond acceptors (Lipinski definition) is 3. The van der Waals surface area contributed by atoms with Crippen molar-refractivity contribution in [3.05, 3.63) is 35.9 Å². The highest BCUT2D eigenvalue weighted by Crippen LogP contribution is 2.24. The van der Waals surface area contributed by atoms with Gasteiger partial charge in [0.2, 0.25) is 5.88 Å². The molecule has 0 aliphatic carbocycles. The number of para-hydroxylation sites is 1. The lowest BCUT2D eigenvalue weighted by atomic mass is 10.1. The number of nitrogens with zero attached hydrogens (tertiary/aromatic N) is 1. The molecule has 19 heavy (non-hydrogen) atoms. The monoisotopic (exact) mass is 257 g/mol. The Hall–Kier alpha value is -2.10. The molecule has 0 saturated heterocycles. The molecule has 0 saturated carbocycles. The van der Waals surface area contributed by atoms with Gasteiger partial charge in [-0.25, -0.2) is 4.98 Å². The summed E-state index contributed by atoms with van der Waals surface area (Å²) in [5.74, 6) is 0.782. The fourth-order valence-electron chi connectivity index (χ4n) is 1.69. The van der Waals surface area contributed by atoms with E-state index in [0.717, 1.165) is 10.9 Å². The quantitative estimate of drug-likeness (QED) is 0.653. The Balaban J connectivity index is 2.50. The number of nitrogens with one attached hydrogen (secondary N) is 1. The average Bonchev–Trinajstić information content (AvgIpc) is 2.37. The second-order valence-electron chi connectivity index (χ2n) is 5.01. The van der Waals surface area contributed by atoms with Gasteiger partial charge in [-0.2, -0.15) is 0 Å². The first-order chi connectivity index (χ1) is 8.99. The van der Waals surface area contributed by atoms with E-state index in [1.807, 2.05) is 37.3 Å². The lowest BCUT2D eigenvalue weighted by molar-refractivity contribution is 0.163. The van der Waals surface area contributed by atoms with Gasteiger partial charge in [0.25, 0.3) is 0 Å². The number of hydrogen-bond donors (Lipinski definition) is 2. The van der Waals surface area contributed by atoms with E-state index in [0.29, 0.717) is 17.4 Å². The Morgan fingerprint density at radius 3 is 2.58 bits per heavy atom. The molecule has 1 aromatic heterocycles. The Labute approximate surface area is 113 Å². The third kappa shape index (κ3) is 2.84. The van der Waals surface area contributed by atoms with E-state index >= 15 is 0 Å². The van der Waals surface area contributed by atoms with Crippen LogP contribution in [0, 0.1) is 11.3 Å². The number of pyridine rings is 1. The van der Waals surface area contributed by atoms with Gasteiger partial charge in [0.15, 0.2) is 0 Å². The number of amidine groups is 1. The summed E-state index contributed by atoms with van der Waals surface area (Å²) in [5, 5.41) is 8.62. The summed E-state index contributed by atoms with van der Waals surface area (Å²) in [7, 11) is 0. The second kappa shape index (κ2) is 5.26. The predicted octanol–water partition coefficient (Wildman–Crippen LogP) is 2.94. The highest BCUT2D eigenvalue weighted by molar-refractivity contribution is 6.00. The molecule has 4 heteroatoms. The van der Waals surface area contributed by atoms with Crippen molar-refractivity contribution < 1.29 is 4.74 Å². The third-order valence-electron chi connectivity index (χ3n) is 3.22. The van der Waals surface area contributed by atoms with Crippen LogP contribution < -0.4 is 10.5 Å². The Morgan fingerprint density at radius 1 is 1.26 bits per heavy atom. The van der Waals surface area contributed by atoms with Gasteiger partial charge in [-0.05, 0) is 25.0 Å². The molecule has 0 aliphatic rings. The third-order valence-corrected chi connectivity index (χ3v) is 3.22. The van der Waals surface area contributed by atoms with Gasteiger partial charge in [-0.1, -0.05) is 32.0 Å². The molecule has 0 amide bonds. The van der Waals surface area contributed by atoms with Gasteiger partial charge in [0, 0.05) is 5.39 Å². The molecule has 1 heterocycles. The average molecular weight is 257 g/mol. The molecule has 0 radical (unpaired) electrons. The minimum atomic E-state index is -0.0239. The fourth-order valence-corrected chi connectivity index (χ4v) is 1.69.